The van der Waals surface area contributed by atoms with Crippen molar-refractivity contribution in [3.8, 4) is 0 Å². The van der Waals surface area contributed by atoms with Gasteiger partial charge >= 0.3 is 5.97 Å². The molecule has 0 amide bonds. The average molecular weight is 473 g/mol. The Morgan fingerprint density at radius 2 is 1.71 bits per heavy atom. The lowest BCUT2D eigenvalue weighted by atomic mass is 9.44. The largest absolute Gasteiger partial charge is 0.466 e. The van der Waals surface area contributed by atoms with E-state index in [1.807, 2.05) is 0 Å². The Bertz CT molecular complexity index is 743. The smallest absolute Gasteiger partial charge is 0.302 e. The molecule has 0 aromatic rings. The molecule has 0 heterocycles. The van der Waals surface area contributed by atoms with Gasteiger partial charge < -0.3 is 9.84 Å². The lowest BCUT2D eigenvalue weighted by Gasteiger charge is -2.62. The summed E-state index contributed by atoms with van der Waals surface area (Å²) in [7, 11) is 0. The molecule has 194 valence electrons. The number of hydrogen-bond acceptors (Lipinski definition) is 3. The second kappa shape index (κ2) is 10.3. The Hall–Kier alpha value is -0.830. The van der Waals surface area contributed by atoms with Crippen LogP contribution in [0.5, 0.6) is 0 Å². The molecule has 4 saturated carbocycles. The molecule has 1 unspecified atom stereocenters. The van der Waals surface area contributed by atoms with Crippen LogP contribution in [0.1, 0.15) is 106 Å². The van der Waals surface area contributed by atoms with Gasteiger partial charge in [-0.1, -0.05) is 59.6 Å². The summed E-state index contributed by atoms with van der Waals surface area (Å²) in [5, 5.41) is 11.2. The highest BCUT2D eigenvalue weighted by molar-refractivity contribution is 5.65. The third-order valence-electron chi connectivity index (χ3n) is 11.6. The van der Waals surface area contributed by atoms with Crippen molar-refractivity contribution in [2.75, 3.05) is 6.61 Å². The lowest BCUT2D eigenvalue weighted by molar-refractivity contribution is -0.158. The zero-order valence-corrected chi connectivity index (χ0v) is 22.9. The summed E-state index contributed by atoms with van der Waals surface area (Å²) in [6.45, 7) is 14.2. The average Bonchev–Trinajstić information content (AvgIpc) is 3.13. The molecule has 4 rings (SSSR count). The Kier molecular flexibility index (Phi) is 7.92. The molecule has 1 N–H and O–H groups in total. The summed E-state index contributed by atoms with van der Waals surface area (Å²) in [6, 6.07) is 0. The van der Waals surface area contributed by atoms with Crippen LogP contribution in [0.15, 0.2) is 12.2 Å². The molecule has 3 nitrogen and oxygen atoms in total. The van der Waals surface area contributed by atoms with Crippen molar-refractivity contribution in [3.05, 3.63) is 12.2 Å². The van der Waals surface area contributed by atoms with E-state index >= 15 is 0 Å². The van der Waals surface area contributed by atoms with Crippen LogP contribution in [-0.4, -0.2) is 23.8 Å². The number of esters is 1. The third-order valence-corrected chi connectivity index (χ3v) is 11.6. The normalized spacial score (nSPS) is 43.8. The topological polar surface area (TPSA) is 46.5 Å². The molecule has 0 aromatic carbocycles. The van der Waals surface area contributed by atoms with Crippen LogP contribution in [0.25, 0.3) is 0 Å². The van der Waals surface area contributed by atoms with Gasteiger partial charge in [0.1, 0.15) is 0 Å². The van der Waals surface area contributed by atoms with Gasteiger partial charge in [-0.3, -0.25) is 4.79 Å². The summed E-state index contributed by atoms with van der Waals surface area (Å²) < 4.78 is 5.23. The van der Waals surface area contributed by atoms with E-state index in [9.17, 15) is 9.90 Å². The van der Waals surface area contributed by atoms with Gasteiger partial charge in [0.15, 0.2) is 0 Å². The molecule has 0 saturated heterocycles. The summed E-state index contributed by atoms with van der Waals surface area (Å²) in [4.78, 5) is 11.2. The van der Waals surface area contributed by atoms with Crippen molar-refractivity contribution in [1.29, 1.82) is 0 Å². The quantitative estimate of drug-likeness (QED) is 0.310. The maximum atomic E-state index is 11.2. The lowest BCUT2D eigenvalue weighted by Crippen LogP contribution is -2.57. The number of aliphatic hydroxyl groups is 1. The fraction of sp³-hybridized carbons (Fsp3) is 0.903. The molecule has 0 radical (unpaired) electrons. The minimum Gasteiger partial charge on any atom is -0.466 e. The van der Waals surface area contributed by atoms with Gasteiger partial charge in [0, 0.05) is 6.92 Å². The second-order valence-electron chi connectivity index (χ2n) is 13.5. The van der Waals surface area contributed by atoms with Crippen LogP contribution in [0, 0.1) is 58.2 Å². The number of fused-ring (bicyclic) bond motifs is 5. The Morgan fingerprint density at radius 1 is 0.971 bits per heavy atom. The van der Waals surface area contributed by atoms with E-state index in [4.69, 9.17) is 4.74 Å². The van der Waals surface area contributed by atoms with Crippen molar-refractivity contribution in [1.82, 2.24) is 0 Å². The fourth-order valence-corrected chi connectivity index (χ4v) is 9.70. The molecule has 4 aliphatic carbocycles. The first kappa shape index (κ1) is 26.2. The molecule has 3 heteroatoms. The van der Waals surface area contributed by atoms with E-state index in [0.717, 1.165) is 36.5 Å². The summed E-state index contributed by atoms with van der Waals surface area (Å²) in [6.07, 6.45) is 17.5. The van der Waals surface area contributed by atoms with E-state index in [-0.39, 0.29) is 12.1 Å². The molecule has 0 aromatic heterocycles. The van der Waals surface area contributed by atoms with Crippen molar-refractivity contribution < 1.29 is 14.6 Å². The molecule has 0 aliphatic heterocycles. The number of aliphatic hydroxyl groups excluding tert-OH is 1. The van der Waals surface area contributed by atoms with E-state index in [1.165, 1.54) is 58.3 Å². The van der Waals surface area contributed by atoms with Gasteiger partial charge in [-0.2, -0.15) is 0 Å². The third kappa shape index (κ3) is 4.76. The van der Waals surface area contributed by atoms with Crippen molar-refractivity contribution >= 4 is 5.97 Å². The maximum Gasteiger partial charge on any atom is 0.302 e. The van der Waals surface area contributed by atoms with E-state index in [0.29, 0.717) is 41.1 Å². The molecule has 0 bridgehead atoms. The van der Waals surface area contributed by atoms with Gasteiger partial charge in [-0.15, -0.1) is 0 Å². The molecule has 10 atom stereocenters. The predicted octanol–water partition coefficient (Wildman–Crippen LogP) is 7.42. The van der Waals surface area contributed by atoms with Crippen LogP contribution >= 0.6 is 0 Å². The van der Waals surface area contributed by atoms with Crippen LogP contribution in [0.2, 0.25) is 0 Å². The van der Waals surface area contributed by atoms with E-state index in [1.54, 1.807) is 0 Å². The van der Waals surface area contributed by atoms with Crippen molar-refractivity contribution in [3.63, 3.8) is 0 Å². The minimum atomic E-state index is -0.179. The van der Waals surface area contributed by atoms with Crippen LogP contribution in [0.4, 0.5) is 0 Å². The molecule has 34 heavy (non-hydrogen) atoms. The standard InChI is InChI=1S/C31H52O3/c1-20(2)23(15-18-34-22(4)32)11-10-21(3)25-12-13-26-24-19-29(33)28-9-7-8-16-30(28,5)27(24)14-17-31(25,26)6/h10-11,20-21,23-29,33H,7-9,12-19H2,1-6H3/t21-,23+,24+,25-,26+,27+,28?,29-,30-,31-/m1/s1. The number of hydrogen-bond donors (Lipinski definition) is 1. The zero-order chi connectivity index (χ0) is 24.7. The van der Waals surface area contributed by atoms with Gasteiger partial charge in [0.05, 0.1) is 12.7 Å². The predicted molar refractivity (Wildman–Crippen MR) is 139 cm³/mol. The van der Waals surface area contributed by atoms with Crippen LogP contribution < -0.4 is 0 Å². The first-order chi connectivity index (χ1) is 16.1. The number of carbonyl (C=O) groups excluding carboxylic acids is 1. The Labute approximate surface area is 209 Å². The highest BCUT2D eigenvalue weighted by atomic mass is 16.5. The van der Waals surface area contributed by atoms with Gasteiger partial charge in [-0.25, -0.2) is 0 Å². The summed E-state index contributed by atoms with van der Waals surface area (Å²) >= 11 is 0. The molecule has 0 spiro atoms. The number of allylic oxidation sites excluding steroid dienone is 2. The van der Waals surface area contributed by atoms with E-state index < -0.39 is 0 Å². The first-order valence-corrected chi connectivity index (χ1v) is 14.6. The highest BCUT2D eigenvalue weighted by Crippen LogP contribution is 2.68. The van der Waals surface area contributed by atoms with Gasteiger partial charge in [-0.05, 0) is 110 Å². The van der Waals surface area contributed by atoms with Gasteiger partial charge in [0.2, 0.25) is 0 Å². The first-order valence-electron chi connectivity index (χ1n) is 14.6. The molecule has 4 aliphatic rings. The fourth-order valence-electron chi connectivity index (χ4n) is 9.70. The van der Waals surface area contributed by atoms with Crippen LogP contribution in [0.3, 0.4) is 0 Å². The second-order valence-corrected chi connectivity index (χ2v) is 13.5. The minimum absolute atomic E-state index is 0.0747. The summed E-state index contributed by atoms with van der Waals surface area (Å²) in [5.41, 5.74) is 0.783. The van der Waals surface area contributed by atoms with Crippen molar-refractivity contribution in [2.24, 2.45) is 58.2 Å². The number of carbonyl (C=O) groups is 1. The van der Waals surface area contributed by atoms with Gasteiger partial charge in [0.25, 0.3) is 0 Å². The van der Waals surface area contributed by atoms with Crippen molar-refractivity contribution in [2.45, 2.75) is 112 Å². The molecular weight excluding hydrogens is 420 g/mol. The zero-order valence-electron chi connectivity index (χ0n) is 22.9. The Balaban J connectivity index is 1.45. The van der Waals surface area contributed by atoms with Crippen LogP contribution in [-0.2, 0) is 9.53 Å². The van der Waals surface area contributed by atoms with E-state index in [2.05, 4.69) is 46.8 Å². The number of rotatable bonds is 7. The monoisotopic (exact) mass is 472 g/mol. The molecular formula is C31H52O3. The number of ether oxygens (including phenoxy) is 1. The Morgan fingerprint density at radius 3 is 2.41 bits per heavy atom. The SMILES string of the molecule is CC(=O)OCC[C@H](C=C[C@@H](C)[C@H]1CC[C@H]2[C@@H]3C[C@@H](O)C4CCCC[C@]4(C)[C@H]3CC[C@]12C)C(C)C. The highest BCUT2D eigenvalue weighted by Gasteiger charge is 2.61. The molecule has 4 fully saturated rings. The maximum absolute atomic E-state index is 11.2. The summed E-state index contributed by atoms with van der Waals surface area (Å²) in [5.74, 6) is 5.03.